The number of aromatic nitrogens is 1. The molecule has 6 heteroatoms. The molecule has 2 amide bonds. The molecule has 1 N–H and O–H groups in total. The SMILES string of the molecule is CCOC(=O)N[C@H]1CCCN(C(=O)c2cccc(C)n2)C1. The first-order valence-corrected chi connectivity index (χ1v) is 7.26. The third-order valence-electron chi connectivity index (χ3n) is 3.41. The number of aryl methyl sites for hydroxylation is 1. The number of nitrogens with one attached hydrogen (secondary N) is 1. The van der Waals surface area contributed by atoms with Crippen LogP contribution in [0.25, 0.3) is 0 Å². The van der Waals surface area contributed by atoms with E-state index in [1.54, 1.807) is 17.9 Å². The molecule has 6 nitrogen and oxygen atoms in total. The van der Waals surface area contributed by atoms with Crippen molar-refractivity contribution in [1.82, 2.24) is 15.2 Å². The molecule has 0 bridgehead atoms. The van der Waals surface area contributed by atoms with Gasteiger partial charge in [-0.15, -0.1) is 0 Å². The number of piperidine rings is 1. The highest BCUT2D eigenvalue weighted by Gasteiger charge is 2.26. The molecule has 0 saturated carbocycles. The molecule has 1 saturated heterocycles. The lowest BCUT2D eigenvalue weighted by molar-refractivity contribution is 0.0680. The molecular formula is C15H21N3O3. The second kappa shape index (κ2) is 7.06. The van der Waals surface area contributed by atoms with Gasteiger partial charge in [0, 0.05) is 24.8 Å². The Bertz CT molecular complexity index is 519. The van der Waals surface area contributed by atoms with Gasteiger partial charge in [-0.3, -0.25) is 4.79 Å². The minimum atomic E-state index is -0.425. The molecule has 1 aliphatic heterocycles. The van der Waals surface area contributed by atoms with Gasteiger partial charge in [-0.05, 0) is 38.8 Å². The molecule has 1 fully saturated rings. The molecule has 0 aliphatic carbocycles. The molecule has 0 aromatic carbocycles. The number of likely N-dealkylation sites (tertiary alicyclic amines) is 1. The number of ether oxygens (including phenoxy) is 1. The molecule has 21 heavy (non-hydrogen) atoms. The fourth-order valence-corrected chi connectivity index (χ4v) is 2.44. The fourth-order valence-electron chi connectivity index (χ4n) is 2.44. The summed E-state index contributed by atoms with van der Waals surface area (Å²) in [6.45, 7) is 5.15. The number of alkyl carbamates (subject to hydrolysis) is 1. The summed E-state index contributed by atoms with van der Waals surface area (Å²) in [7, 11) is 0. The molecule has 1 aromatic rings. The van der Waals surface area contributed by atoms with Crippen molar-refractivity contribution in [2.45, 2.75) is 32.7 Å². The van der Waals surface area contributed by atoms with E-state index in [9.17, 15) is 9.59 Å². The largest absolute Gasteiger partial charge is 0.450 e. The smallest absolute Gasteiger partial charge is 0.407 e. The summed E-state index contributed by atoms with van der Waals surface area (Å²) >= 11 is 0. The van der Waals surface area contributed by atoms with Crippen LogP contribution in [0, 0.1) is 6.92 Å². The van der Waals surface area contributed by atoms with Crippen LogP contribution in [-0.4, -0.2) is 47.6 Å². The van der Waals surface area contributed by atoms with Crippen LogP contribution in [0.3, 0.4) is 0 Å². The number of carbonyl (C=O) groups is 2. The van der Waals surface area contributed by atoms with E-state index in [-0.39, 0.29) is 11.9 Å². The number of carbonyl (C=O) groups excluding carboxylic acids is 2. The first-order valence-electron chi connectivity index (χ1n) is 7.26. The highest BCUT2D eigenvalue weighted by Crippen LogP contribution is 2.13. The minimum Gasteiger partial charge on any atom is -0.450 e. The van der Waals surface area contributed by atoms with Gasteiger partial charge in [-0.1, -0.05) is 6.07 Å². The molecule has 1 aliphatic rings. The second-order valence-electron chi connectivity index (χ2n) is 5.12. The van der Waals surface area contributed by atoms with E-state index in [1.807, 2.05) is 19.1 Å². The molecule has 2 rings (SSSR count). The Morgan fingerprint density at radius 2 is 2.29 bits per heavy atom. The summed E-state index contributed by atoms with van der Waals surface area (Å²) in [5, 5.41) is 2.79. The summed E-state index contributed by atoms with van der Waals surface area (Å²) in [5.41, 5.74) is 1.27. The molecule has 1 atom stereocenters. The van der Waals surface area contributed by atoms with Crippen molar-refractivity contribution in [1.29, 1.82) is 0 Å². The number of amides is 2. The first-order chi connectivity index (χ1) is 10.1. The van der Waals surface area contributed by atoms with Crippen LogP contribution in [0.2, 0.25) is 0 Å². The zero-order valence-corrected chi connectivity index (χ0v) is 12.5. The second-order valence-corrected chi connectivity index (χ2v) is 5.12. The number of hydrogen-bond donors (Lipinski definition) is 1. The van der Waals surface area contributed by atoms with Crippen LogP contribution in [0.5, 0.6) is 0 Å². The van der Waals surface area contributed by atoms with Gasteiger partial charge in [-0.25, -0.2) is 9.78 Å². The predicted octanol–water partition coefficient (Wildman–Crippen LogP) is 1.74. The fraction of sp³-hybridized carbons (Fsp3) is 0.533. The van der Waals surface area contributed by atoms with E-state index in [2.05, 4.69) is 10.3 Å². The number of hydrogen-bond acceptors (Lipinski definition) is 4. The Kier molecular flexibility index (Phi) is 5.14. The maximum Gasteiger partial charge on any atom is 0.407 e. The van der Waals surface area contributed by atoms with E-state index in [0.29, 0.717) is 25.4 Å². The molecule has 0 spiro atoms. The van der Waals surface area contributed by atoms with Gasteiger partial charge >= 0.3 is 6.09 Å². The molecule has 0 radical (unpaired) electrons. The lowest BCUT2D eigenvalue weighted by Crippen LogP contribution is -2.49. The Morgan fingerprint density at radius 1 is 1.48 bits per heavy atom. The maximum atomic E-state index is 12.4. The average Bonchev–Trinajstić information content (AvgIpc) is 2.47. The summed E-state index contributed by atoms with van der Waals surface area (Å²) < 4.78 is 4.87. The van der Waals surface area contributed by atoms with E-state index < -0.39 is 6.09 Å². The normalized spacial score (nSPS) is 18.2. The van der Waals surface area contributed by atoms with Gasteiger partial charge < -0.3 is 15.0 Å². The zero-order chi connectivity index (χ0) is 15.2. The standard InChI is InChI=1S/C15H21N3O3/c1-3-21-15(20)17-12-7-5-9-18(10-12)14(19)13-8-4-6-11(2)16-13/h4,6,8,12H,3,5,7,9-10H2,1-2H3,(H,17,20)/t12-/m0/s1. The van der Waals surface area contributed by atoms with Crippen LogP contribution in [0.15, 0.2) is 18.2 Å². The van der Waals surface area contributed by atoms with Gasteiger partial charge in [0.1, 0.15) is 5.69 Å². The molecule has 114 valence electrons. The van der Waals surface area contributed by atoms with Crippen molar-refractivity contribution >= 4 is 12.0 Å². The van der Waals surface area contributed by atoms with Crippen LogP contribution < -0.4 is 5.32 Å². The first kappa shape index (κ1) is 15.3. The predicted molar refractivity (Wildman–Crippen MR) is 78.1 cm³/mol. The van der Waals surface area contributed by atoms with Crippen LogP contribution in [-0.2, 0) is 4.74 Å². The van der Waals surface area contributed by atoms with Gasteiger partial charge in [0.05, 0.1) is 6.61 Å². The van der Waals surface area contributed by atoms with Crippen LogP contribution >= 0.6 is 0 Å². The summed E-state index contributed by atoms with van der Waals surface area (Å²) in [5.74, 6) is -0.0888. The van der Waals surface area contributed by atoms with E-state index in [0.717, 1.165) is 18.5 Å². The molecule has 1 aromatic heterocycles. The summed E-state index contributed by atoms with van der Waals surface area (Å²) in [6.07, 6.45) is 1.28. The Hall–Kier alpha value is -2.11. The lowest BCUT2D eigenvalue weighted by Gasteiger charge is -2.32. The number of pyridine rings is 1. The monoisotopic (exact) mass is 291 g/mol. The Morgan fingerprint density at radius 3 is 3.00 bits per heavy atom. The maximum absolute atomic E-state index is 12.4. The Labute approximate surface area is 124 Å². The Balaban J connectivity index is 1.97. The highest BCUT2D eigenvalue weighted by molar-refractivity contribution is 5.92. The quantitative estimate of drug-likeness (QED) is 0.920. The van der Waals surface area contributed by atoms with Gasteiger partial charge in [-0.2, -0.15) is 0 Å². The van der Waals surface area contributed by atoms with Crippen molar-refractivity contribution in [3.05, 3.63) is 29.6 Å². The highest BCUT2D eigenvalue weighted by atomic mass is 16.5. The minimum absolute atomic E-state index is 0.0634. The van der Waals surface area contributed by atoms with E-state index >= 15 is 0 Å². The lowest BCUT2D eigenvalue weighted by atomic mass is 10.1. The average molecular weight is 291 g/mol. The van der Waals surface area contributed by atoms with Crippen molar-refractivity contribution in [3.63, 3.8) is 0 Å². The third-order valence-corrected chi connectivity index (χ3v) is 3.41. The molecule has 0 unspecified atom stereocenters. The van der Waals surface area contributed by atoms with Crippen molar-refractivity contribution in [3.8, 4) is 0 Å². The van der Waals surface area contributed by atoms with Crippen molar-refractivity contribution in [2.24, 2.45) is 0 Å². The van der Waals surface area contributed by atoms with Gasteiger partial charge in [0.2, 0.25) is 0 Å². The van der Waals surface area contributed by atoms with Gasteiger partial charge in [0.15, 0.2) is 0 Å². The van der Waals surface area contributed by atoms with Crippen molar-refractivity contribution < 1.29 is 14.3 Å². The summed E-state index contributed by atoms with van der Waals surface area (Å²) in [6, 6.07) is 5.34. The van der Waals surface area contributed by atoms with Crippen LogP contribution in [0.4, 0.5) is 4.79 Å². The molecular weight excluding hydrogens is 270 g/mol. The zero-order valence-electron chi connectivity index (χ0n) is 12.5. The van der Waals surface area contributed by atoms with E-state index in [1.165, 1.54) is 0 Å². The van der Waals surface area contributed by atoms with E-state index in [4.69, 9.17) is 4.74 Å². The topological polar surface area (TPSA) is 71.5 Å². The number of nitrogens with zero attached hydrogens (tertiary/aromatic N) is 2. The number of rotatable bonds is 3. The van der Waals surface area contributed by atoms with Crippen molar-refractivity contribution in [2.75, 3.05) is 19.7 Å². The van der Waals surface area contributed by atoms with Gasteiger partial charge in [0.25, 0.3) is 5.91 Å². The summed E-state index contributed by atoms with van der Waals surface area (Å²) in [4.78, 5) is 29.9. The third kappa shape index (κ3) is 4.18. The van der Waals surface area contributed by atoms with Crippen LogP contribution in [0.1, 0.15) is 35.9 Å². The molecule has 2 heterocycles.